The van der Waals surface area contributed by atoms with E-state index in [1.54, 1.807) is 0 Å². The second-order valence-corrected chi connectivity index (χ2v) is 5.00. The van der Waals surface area contributed by atoms with E-state index < -0.39 is 0 Å². The van der Waals surface area contributed by atoms with Crippen LogP contribution in [0, 0.1) is 5.92 Å². The molecule has 16 heavy (non-hydrogen) atoms. The van der Waals surface area contributed by atoms with E-state index in [9.17, 15) is 0 Å². The lowest BCUT2D eigenvalue weighted by Crippen LogP contribution is -2.43. The van der Waals surface area contributed by atoms with Crippen LogP contribution < -0.4 is 5.32 Å². The zero-order valence-corrected chi connectivity index (χ0v) is 10.5. The highest BCUT2D eigenvalue weighted by Gasteiger charge is 2.41. The molecule has 1 N–H and O–H groups in total. The molecule has 0 bridgehead atoms. The Morgan fingerprint density at radius 1 is 1.56 bits per heavy atom. The number of aryl methyl sites for hydroxylation is 1. The fraction of sp³-hybridized carbons (Fsp3) is 0.833. The SMILES string of the molecule is CCCn1nncc1C1(C(C)C)CCCN1. The highest BCUT2D eigenvalue weighted by atomic mass is 15.4. The molecule has 2 heterocycles. The van der Waals surface area contributed by atoms with Crippen LogP contribution in [0.5, 0.6) is 0 Å². The predicted octanol–water partition coefficient (Wildman–Crippen LogP) is 1.92. The standard InChI is InChI=1S/C12H22N4/c1-4-8-16-11(9-14-15-16)12(10(2)3)6-5-7-13-12/h9-10,13H,4-8H2,1-3H3. The minimum atomic E-state index is 0.0959. The maximum absolute atomic E-state index is 4.20. The smallest absolute Gasteiger partial charge is 0.0790 e. The minimum Gasteiger partial charge on any atom is -0.306 e. The summed E-state index contributed by atoms with van der Waals surface area (Å²) in [5.74, 6) is 0.573. The number of hydrogen-bond acceptors (Lipinski definition) is 3. The highest BCUT2D eigenvalue weighted by molar-refractivity contribution is 5.15. The van der Waals surface area contributed by atoms with Gasteiger partial charge in [0.15, 0.2) is 0 Å². The molecular weight excluding hydrogens is 200 g/mol. The highest BCUT2D eigenvalue weighted by Crippen LogP contribution is 2.37. The monoisotopic (exact) mass is 222 g/mol. The summed E-state index contributed by atoms with van der Waals surface area (Å²) in [5, 5.41) is 12.0. The van der Waals surface area contributed by atoms with E-state index in [0.717, 1.165) is 19.5 Å². The lowest BCUT2D eigenvalue weighted by molar-refractivity contribution is 0.254. The van der Waals surface area contributed by atoms with Gasteiger partial charge in [0, 0.05) is 6.54 Å². The predicted molar refractivity (Wildman–Crippen MR) is 64.1 cm³/mol. The van der Waals surface area contributed by atoms with Gasteiger partial charge in [-0.1, -0.05) is 26.0 Å². The molecule has 90 valence electrons. The van der Waals surface area contributed by atoms with Crippen LogP contribution in [0.2, 0.25) is 0 Å². The zero-order chi connectivity index (χ0) is 11.6. The first-order valence-corrected chi connectivity index (χ1v) is 6.34. The number of hydrogen-bond donors (Lipinski definition) is 1. The van der Waals surface area contributed by atoms with E-state index in [-0.39, 0.29) is 5.54 Å². The van der Waals surface area contributed by atoms with Crippen LogP contribution in [0.25, 0.3) is 0 Å². The molecule has 1 fully saturated rings. The molecule has 1 unspecified atom stereocenters. The summed E-state index contributed by atoms with van der Waals surface area (Å²) in [5.41, 5.74) is 1.36. The van der Waals surface area contributed by atoms with Crippen LogP contribution >= 0.6 is 0 Å². The molecule has 0 radical (unpaired) electrons. The maximum atomic E-state index is 4.20. The van der Waals surface area contributed by atoms with Gasteiger partial charge in [-0.05, 0) is 31.7 Å². The zero-order valence-electron chi connectivity index (χ0n) is 10.5. The van der Waals surface area contributed by atoms with Crippen molar-refractivity contribution in [3.63, 3.8) is 0 Å². The third-order valence-electron chi connectivity index (χ3n) is 3.68. The van der Waals surface area contributed by atoms with Gasteiger partial charge in [0.25, 0.3) is 0 Å². The lowest BCUT2D eigenvalue weighted by atomic mass is 9.82. The van der Waals surface area contributed by atoms with Crippen molar-refractivity contribution in [2.75, 3.05) is 6.54 Å². The van der Waals surface area contributed by atoms with Crippen LogP contribution in [-0.2, 0) is 12.1 Å². The van der Waals surface area contributed by atoms with Crippen LogP contribution in [0.1, 0.15) is 45.7 Å². The Labute approximate surface area is 97.4 Å². The minimum absolute atomic E-state index is 0.0959. The summed E-state index contributed by atoms with van der Waals surface area (Å²) in [7, 11) is 0. The molecule has 2 rings (SSSR count). The van der Waals surface area contributed by atoms with Gasteiger partial charge in [-0.15, -0.1) is 5.10 Å². The number of nitrogens with one attached hydrogen (secondary N) is 1. The van der Waals surface area contributed by atoms with E-state index in [1.165, 1.54) is 18.5 Å². The van der Waals surface area contributed by atoms with E-state index in [4.69, 9.17) is 0 Å². The van der Waals surface area contributed by atoms with E-state index in [0.29, 0.717) is 5.92 Å². The summed E-state index contributed by atoms with van der Waals surface area (Å²) in [4.78, 5) is 0. The van der Waals surface area contributed by atoms with Crippen LogP contribution in [0.15, 0.2) is 6.20 Å². The molecular formula is C12H22N4. The lowest BCUT2D eigenvalue weighted by Gasteiger charge is -2.33. The van der Waals surface area contributed by atoms with Gasteiger partial charge >= 0.3 is 0 Å². The summed E-state index contributed by atoms with van der Waals surface area (Å²) < 4.78 is 2.07. The molecule has 0 spiro atoms. The third kappa shape index (κ3) is 1.75. The average molecular weight is 222 g/mol. The number of nitrogens with zero attached hydrogens (tertiary/aromatic N) is 3. The quantitative estimate of drug-likeness (QED) is 0.846. The van der Waals surface area contributed by atoms with Crippen molar-refractivity contribution in [2.24, 2.45) is 5.92 Å². The number of rotatable bonds is 4. The fourth-order valence-corrected chi connectivity index (χ4v) is 2.75. The van der Waals surface area contributed by atoms with Crippen LogP contribution in [-0.4, -0.2) is 21.5 Å². The van der Waals surface area contributed by atoms with Gasteiger partial charge in [0.05, 0.1) is 17.4 Å². The van der Waals surface area contributed by atoms with Crippen molar-refractivity contribution in [1.82, 2.24) is 20.3 Å². The van der Waals surface area contributed by atoms with Crippen molar-refractivity contribution < 1.29 is 0 Å². The number of aromatic nitrogens is 3. The summed E-state index contributed by atoms with van der Waals surface area (Å²) >= 11 is 0. The topological polar surface area (TPSA) is 42.7 Å². The first-order chi connectivity index (χ1) is 7.70. The second-order valence-electron chi connectivity index (χ2n) is 5.00. The van der Waals surface area contributed by atoms with Gasteiger partial charge < -0.3 is 5.32 Å². The van der Waals surface area contributed by atoms with Gasteiger partial charge in [-0.25, -0.2) is 4.68 Å². The fourth-order valence-electron chi connectivity index (χ4n) is 2.75. The van der Waals surface area contributed by atoms with E-state index in [1.807, 2.05) is 6.20 Å². The van der Waals surface area contributed by atoms with Gasteiger partial charge in [-0.2, -0.15) is 0 Å². The Bertz CT molecular complexity index is 337. The molecule has 0 aliphatic carbocycles. The molecule has 0 aromatic carbocycles. The first-order valence-electron chi connectivity index (χ1n) is 6.34. The summed E-state index contributed by atoms with van der Waals surface area (Å²) in [6.07, 6.45) is 5.48. The Kier molecular flexibility index (Phi) is 3.28. The summed E-state index contributed by atoms with van der Waals surface area (Å²) in [6.45, 7) is 8.81. The first kappa shape index (κ1) is 11.6. The Morgan fingerprint density at radius 3 is 2.94 bits per heavy atom. The Hall–Kier alpha value is -0.900. The van der Waals surface area contributed by atoms with E-state index >= 15 is 0 Å². The average Bonchev–Trinajstić information content (AvgIpc) is 2.85. The normalized spacial score (nSPS) is 25.5. The van der Waals surface area contributed by atoms with Crippen molar-refractivity contribution in [1.29, 1.82) is 0 Å². The molecule has 0 amide bonds. The van der Waals surface area contributed by atoms with Gasteiger partial charge in [0.1, 0.15) is 0 Å². The van der Waals surface area contributed by atoms with Crippen molar-refractivity contribution in [3.05, 3.63) is 11.9 Å². The second kappa shape index (κ2) is 4.53. The van der Waals surface area contributed by atoms with Gasteiger partial charge in [-0.3, -0.25) is 0 Å². The third-order valence-corrected chi connectivity index (χ3v) is 3.68. The molecule has 4 heteroatoms. The molecule has 1 saturated heterocycles. The Morgan fingerprint density at radius 2 is 2.38 bits per heavy atom. The Balaban J connectivity index is 2.35. The molecule has 1 aliphatic rings. The largest absolute Gasteiger partial charge is 0.306 e. The summed E-state index contributed by atoms with van der Waals surface area (Å²) in [6, 6.07) is 0. The molecule has 1 aromatic heterocycles. The van der Waals surface area contributed by atoms with Crippen LogP contribution in [0.3, 0.4) is 0 Å². The molecule has 1 atom stereocenters. The van der Waals surface area contributed by atoms with Gasteiger partial charge in [0.2, 0.25) is 0 Å². The van der Waals surface area contributed by atoms with Crippen molar-refractivity contribution in [2.45, 2.75) is 52.1 Å². The molecule has 4 nitrogen and oxygen atoms in total. The van der Waals surface area contributed by atoms with Crippen LogP contribution in [0.4, 0.5) is 0 Å². The maximum Gasteiger partial charge on any atom is 0.0790 e. The van der Waals surface area contributed by atoms with Crippen molar-refractivity contribution in [3.8, 4) is 0 Å². The molecule has 1 aromatic rings. The molecule has 1 aliphatic heterocycles. The molecule has 0 saturated carbocycles. The van der Waals surface area contributed by atoms with Crippen molar-refractivity contribution >= 4 is 0 Å². The van der Waals surface area contributed by atoms with E-state index in [2.05, 4.69) is 41.1 Å².